The number of hydrogen-bond acceptors (Lipinski definition) is 14. The number of nitriles is 2. The summed E-state index contributed by atoms with van der Waals surface area (Å²) in [6.07, 6.45) is -8.51. The Hall–Kier alpha value is -6.43. The maximum atomic E-state index is 13.5. The summed E-state index contributed by atoms with van der Waals surface area (Å²) in [5.74, 6) is -1.76. The third-order valence-corrected chi connectivity index (χ3v) is 8.36. The first kappa shape index (κ1) is 49.2. The van der Waals surface area contributed by atoms with Crippen molar-refractivity contribution in [3.8, 4) is 46.9 Å². The van der Waals surface area contributed by atoms with Gasteiger partial charge in [0.1, 0.15) is 11.5 Å². The Kier molecular flexibility index (Phi) is 16.9. The minimum Gasteiger partial charge on any atom is -0.480 e. The Balaban J connectivity index is 0.000000233. The summed E-state index contributed by atoms with van der Waals surface area (Å²) in [5, 5.41) is 32.8. The second-order valence-electron chi connectivity index (χ2n) is 11.6. The largest absolute Gasteiger partial charge is 0.480 e. The van der Waals surface area contributed by atoms with Gasteiger partial charge in [0.2, 0.25) is 23.3 Å². The molecule has 27 heteroatoms. The van der Waals surface area contributed by atoms with Gasteiger partial charge >= 0.3 is 12.4 Å². The average Bonchev–Trinajstić information content (AvgIpc) is 3.22. The number of halogens is 11. The van der Waals surface area contributed by atoms with Gasteiger partial charge < -0.3 is 23.9 Å². The lowest BCUT2D eigenvalue weighted by Crippen LogP contribution is -2.27. The van der Waals surface area contributed by atoms with Gasteiger partial charge in [-0.1, -0.05) is 46.4 Å². The maximum absolute atomic E-state index is 13.5. The van der Waals surface area contributed by atoms with Crippen LogP contribution < -0.4 is 30.1 Å². The Bertz CT molecular complexity index is 2820. The van der Waals surface area contributed by atoms with E-state index in [-0.39, 0.29) is 55.8 Å². The summed E-state index contributed by atoms with van der Waals surface area (Å²) in [6.45, 7) is -0.280. The van der Waals surface area contributed by atoms with Crippen molar-refractivity contribution in [1.29, 1.82) is 10.5 Å². The van der Waals surface area contributed by atoms with E-state index in [0.717, 1.165) is 28.3 Å². The molecule has 6 aromatic rings. The quantitative estimate of drug-likeness (QED) is 0.106. The predicted octanol–water partition coefficient (Wildman–Crippen LogP) is 9.06. The summed E-state index contributed by atoms with van der Waals surface area (Å²) < 4.78 is 99.6. The number of hydrogen-bond donors (Lipinski definition) is 1. The summed E-state index contributed by atoms with van der Waals surface area (Å²) in [4.78, 5) is 32.8. The molecule has 0 radical (unpaired) electrons. The van der Waals surface area contributed by atoms with Gasteiger partial charge in [0.05, 0.1) is 62.6 Å². The normalized spacial score (nSPS) is 10.8. The number of nitrogens with zero attached hydrogens (tertiary/aromatic N) is 9. The fourth-order valence-electron chi connectivity index (χ4n) is 4.69. The molecule has 0 unspecified atom stereocenters. The molecule has 0 aliphatic carbocycles. The van der Waals surface area contributed by atoms with Crippen LogP contribution in [-0.4, -0.2) is 54.1 Å². The predicted molar refractivity (Wildman–Crippen MR) is 212 cm³/mol. The first-order valence-corrected chi connectivity index (χ1v) is 18.5. The van der Waals surface area contributed by atoms with Crippen LogP contribution in [0.15, 0.2) is 70.8 Å². The molecule has 4 aromatic heterocycles. The molecule has 63 heavy (non-hydrogen) atoms. The van der Waals surface area contributed by atoms with Crippen LogP contribution in [0.1, 0.15) is 33.6 Å². The number of alkyl halides is 7. The number of rotatable bonds is 9. The molecular weight excluding hydrogens is 960 g/mol. The number of methoxy groups -OCH3 is 2. The van der Waals surface area contributed by atoms with E-state index in [9.17, 15) is 35.9 Å². The standard InChI is InChI=1S/C18H10Cl2F3N5O3.C12H5ClF3N3O2.C6H6Cl2N2O/c1-30-16-10(4-13(20)26-27-16)7-28-8-25-15(18(21,22)23)14(17(28)29)31-12-3-9(6-24)2-11(19)5-12;13-7-1-6(4-17)2-8(3-7)21-9-10(12(14,15)16)18-5-19-11(9)20;1-11-6-4(3-7)2-5(8)9-10-6/h2-5,8H,7H2,1H3;1-3,5H,(H,18,19,20);2H,3H2,1H3. The lowest BCUT2D eigenvalue weighted by atomic mass is 10.2. The van der Waals surface area contributed by atoms with E-state index in [1.165, 1.54) is 38.5 Å². The molecule has 0 amide bonds. The monoisotopic (exact) mass is 978 g/mol. The maximum Gasteiger partial charge on any atom is 0.437 e. The van der Waals surface area contributed by atoms with E-state index in [4.69, 9.17) is 87.5 Å². The van der Waals surface area contributed by atoms with Gasteiger partial charge in [-0.05, 0) is 48.5 Å². The van der Waals surface area contributed by atoms with E-state index < -0.39 is 46.4 Å². The van der Waals surface area contributed by atoms with Gasteiger partial charge in [0, 0.05) is 21.2 Å². The van der Waals surface area contributed by atoms with Crippen LogP contribution >= 0.6 is 58.0 Å². The van der Waals surface area contributed by atoms with E-state index in [1.807, 2.05) is 4.98 Å². The topological polar surface area (TPSA) is 217 Å². The van der Waals surface area contributed by atoms with Gasteiger partial charge in [-0.3, -0.25) is 14.2 Å². The molecule has 0 saturated carbocycles. The molecule has 328 valence electrons. The lowest BCUT2D eigenvalue weighted by molar-refractivity contribution is -0.143. The average molecular weight is 981 g/mol. The fraction of sp³-hybridized carbons (Fsp3) is 0.167. The zero-order chi connectivity index (χ0) is 46.6. The van der Waals surface area contributed by atoms with Gasteiger partial charge in [-0.25, -0.2) is 9.97 Å². The molecular formula is C36H21Cl5F6N10O6. The first-order valence-electron chi connectivity index (χ1n) is 16.5. The molecule has 0 fully saturated rings. The van der Waals surface area contributed by atoms with Gasteiger partial charge in [-0.2, -0.15) is 36.9 Å². The molecule has 6 rings (SSSR count). The number of benzene rings is 2. The molecule has 0 aliphatic heterocycles. The zero-order valence-corrected chi connectivity index (χ0v) is 35.1. The van der Waals surface area contributed by atoms with Crippen molar-refractivity contribution in [2.45, 2.75) is 24.8 Å². The SMILES string of the molecule is COc1nnc(Cl)cc1CCl.COc1nnc(Cl)cc1Cn1cnc(C(F)(F)F)c(Oc2cc(Cl)cc(C#N)c2)c1=O.N#Cc1cc(Cl)cc(Oc2c(C(F)(F)F)nc[nH]c2=O)c1. The number of H-pyrrole nitrogens is 1. The van der Waals surface area contributed by atoms with Crippen LogP contribution in [0.25, 0.3) is 0 Å². The Labute approximate surface area is 374 Å². The molecule has 2 aromatic carbocycles. The van der Waals surface area contributed by atoms with Crippen LogP contribution in [0.4, 0.5) is 26.3 Å². The molecule has 0 aliphatic rings. The van der Waals surface area contributed by atoms with E-state index in [1.54, 1.807) is 18.2 Å². The van der Waals surface area contributed by atoms with Crippen molar-refractivity contribution >= 4 is 58.0 Å². The molecule has 4 heterocycles. The number of aromatic nitrogens is 8. The van der Waals surface area contributed by atoms with Crippen LogP contribution in [-0.2, 0) is 24.8 Å². The van der Waals surface area contributed by atoms with Gasteiger partial charge in [0.15, 0.2) is 21.7 Å². The highest BCUT2D eigenvalue weighted by Crippen LogP contribution is 2.36. The lowest BCUT2D eigenvalue weighted by Gasteiger charge is -2.15. The molecule has 0 saturated heterocycles. The zero-order valence-electron chi connectivity index (χ0n) is 31.3. The van der Waals surface area contributed by atoms with E-state index in [2.05, 4.69) is 30.4 Å². The van der Waals surface area contributed by atoms with Crippen molar-refractivity contribution < 1.29 is 45.3 Å². The summed E-state index contributed by atoms with van der Waals surface area (Å²) >= 11 is 28.5. The fourth-order valence-corrected chi connectivity index (χ4v) is 5.67. The Morgan fingerprint density at radius 1 is 0.683 bits per heavy atom. The second kappa shape index (κ2) is 21.6. The number of ether oxygens (including phenoxy) is 4. The van der Waals surface area contributed by atoms with Crippen molar-refractivity contribution in [2.24, 2.45) is 0 Å². The minimum atomic E-state index is -4.98. The third kappa shape index (κ3) is 13.5. The Morgan fingerprint density at radius 2 is 1.16 bits per heavy atom. The molecule has 0 spiro atoms. The van der Waals surface area contributed by atoms with Crippen molar-refractivity contribution in [1.82, 2.24) is 39.9 Å². The molecule has 0 bridgehead atoms. The molecule has 16 nitrogen and oxygen atoms in total. The molecule has 0 atom stereocenters. The van der Waals surface area contributed by atoms with Crippen LogP contribution in [0, 0.1) is 22.7 Å². The summed E-state index contributed by atoms with van der Waals surface area (Å²) in [7, 11) is 2.81. The smallest absolute Gasteiger partial charge is 0.437 e. The van der Waals surface area contributed by atoms with E-state index in [0.29, 0.717) is 29.6 Å². The Morgan fingerprint density at radius 3 is 1.63 bits per heavy atom. The van der Waals surface area contributed by atoms with Crippen LogP contribution in [0.2, 0.25) is 20.4 Å². The van der Waals surface area contributed by atoms with Crippen molar-refractivity contribution in [3.63, 3.8) is 0 Å². The first-order chi connectivity index (χ1) is 29.7. The summed E-state index contributed by atoms with van der Waals surface area (Å²) in [5.41, 5.74) is -4.13. The van der Waals surface area contributed by atoms with Gasteiger partial charge in [-0.15, -0.1) is 32.0 Å². The minimum absolute atomic E-state index is 0.0110. The summed E-state index contributed by atoms with van der Waals surface area (Å²) in [6, 6.07) is 13.7. The highest BCUT2D eigenvalue weighted by Gasteiger charge is 2.39. The third-order valence-electron chi connectivity index (χ3n) is 7.26. The van der Waals surface area contributed by atoms with Gasteiger partial charge in [0.25, 0.3) is 11.1 Å². The van der Waals surface area contributed by atoms with Crippen molar-refractivity contribution in [3.05, 3.63) is 136 Å². The van der Waals surface area contributed by atoms with Crippen LogP contribution in [0.3, 0.4) is 0 Å². The molecule has 1 N–H and O–H groups in total. The second-order valence-corrected chi connectivity index (χ2v) is 13.5. The number of nitrogens with one attached hydrogen (secondary N) is 1. The highest BCUT2D eigenvalue weighted by atomic mass is 35.5. The van der Waals surface area contributed by atoms with E-state index >= 15 is 0 Å². The van der Waals surface area contributed by atoms with Crippen molar-refractivity contribution in [2.75, 3.05) is 14.2 Å². The highest BCUT2D eigenvalue weighted by molar-refractivity contribution is 6.31. The van der Waals surface area contributed by atoms with Crippen LogP contribution in [0.5, 0.6) is 34.8 Å². The number of aromatic amines is 1.